The van der Waals surface area contributed by atoms with E-state index in [1.54, 1.807) is 18.2 Å². The number of imide groups is 1. The number of anilines is 1. The van der Waals surface area contributed by atoms with Crippen LogP contribution >= 0.6 is 0 Å². The second-order valence-electron chi connectivity index (χ2n) is 8.79. The van der Waals surface area contributed by atoms with Crippen molar-refractivity contribution in [2.24, 2.45) is 0 Å². The molecule has 10 heteroatoms. The summed E-state index contributed by atoms with van der Waals surface area (Å²) in [5.41, 5.74) is 2.63. The largest absolute Gasteiger partial charge is 0.454 e. The number of carbonyl (C=O) groups excluding carboxylic acids is 3. The van der Waals surface area contributed by atoms with Gasteiger partial charge in [0.15, 0.2) is 11.5 Å². The number of rotatable bonds is 8. The minimum Gasteiger partial charge on any atom is -0.454 e. The fourth-order valence-electron chi connectivity index (χ4n) is 4.35. The van der Waals surface area contributed by atoms with Crippen molar-refractivity contribution < 1.29 is 28.6 Å². The molecule has 4 amide bonds. The predicted molar refractivity (Wildman–Crippen MR) is 126 cm³/mol. The fraction of sp³-hybridized carbons (Fsp3) is 0.400. The van der Waals surface area contributed by atoms with Gasteiger partial charge in [0, 0.05) is 31.7 Å². The van der Waals surface area contributed by atoms with Crippen molar-refractivity contribution in [3.63, 3.8) is 0 Å². The van der Waals surface area contributed by atoms with Gasteiger partial charge in [-0.25, -0.2) is 4.79 Å². The maximum atomic E-state index is 12.8. The lowest BCUT2D eigenvalue weighted by molar-refractivity contribution is -0.128. The summed E-state index contributed by atoms with van der Waals surface area (Å²) in [4.78, 5) is 41.1. The molecule has 10 nitrogen and oxygen atoms in total. The number of benzene rings is 2. The van der Waals surface area contributed by atoms with Gasteiger partial charge >= 0.3 is 6.03 Å². The number of amides is 4. The zero-order valence-electron chi connectivity index (χ0n) is 19.3. The smallest absolute Gasteiger partial charge is 0.325 e. The first-order valence-electron chi connectivity index (χ1n) is 11.7. The van der Waals surface area contributed by atoms with Crippen LogP contribution in [-0.2, 0) is 27.4 Å². The van der Waals surface area contributed by atoms with Crippen LogP contribution in [0, 0.1) is 0 Å². The highest BCUT2D eigenvalue weighted by Gasteiger charge is 2.38. The first-order chi connectivity index (χ1) is 17.0. The minimum absolute atomic E-state index is 0.115. The van der Waals surface area contributed by atoms with Gasteiger partial charge in [0.05, 0.1) is 19.8 Å². The number of hydrogen-bond acceptors (Lipinski definition) is 7. The Bertz CT molecular complexity index is 1100. The molecular weight excluding hydrogens is 452 g/mol. The highest BCUT2D eigenvalue weighted by molar-refractivity contribution is 6.04. The van der Waals surface area contributed by atoms with Crippen molar-refractivity contribution in [2.45, 2.75) is 32.0 Å². The maximum Gasteiger partial charge on any atom is 0.325 e. The number of nitrogens with one attached hydrogen (secondary N) is 2. The van der Waals surface area contributed by atoms with E-state index in [2.05, 4.69) is 15.5 Å². The Kier molecular flexibility index (Phi) is 6.82. The molecule has 2 saturated heterocycles. The molecule has 0 radical (unpaired) electrons. The topological polar surface area (TPSA) is 109 Å². The number of hydrogen-bond donors (Lipinski definition) is 2. The zero-order valence-corrected chi connectivity index (χ0v) is 19.3. The van der Waals surface area contributed by atoms with Crippen LogP contribution in [0.1, 0.15) is 24.0 Å². The summed E-state index contributed by atoms with van der Waals surface area (Å²) in [7, 11) is 0. The van der Waals surface area contributed by atoms with Crippen LogP contribution in [0.3, 0.4) is 0 Å². The lowest BCUT2D eigenvalue weighted by atomic mass is 10.1. The molecule has 3 aliphatic heterocycles. The van der Waals surface area contributed by atoms with Crippen LogP contribution in [-0.4, -0.2) is 66.8 Å². The van der Waals surface area contributed by atoms with E-state index in [0.717, 1.165) is 43.3 Å². The Hall–Kier alpha value is -3.63. The van der Waals surface area contributed by atoms with E-state index in [-0.39, 0.29) is 38.0 Å². The lowest BCUT2D eigenvalue weighted by Gasteiger charge is -2.26. The number of carbonyl (C=O) groups is 3. The van der Waals surface area contributed by atoms with Gasteiger partial charge in [-0.1, -0.05) is 18.2 Å². The summed E-state index contributed by atoms with van der Waals surface area (Å²) in [6.07, 6.45) is 0.341. The van der Waals surface area contributed by atoms with E-state index >= 15 is 0 Å². The second kappa shape index (κ2) is 10.3. The molecule has 2 fully saturated rings. The third kappa shape index (κ3) is 5.55. The monoisotopic (exact) mass is 480 g/mol. The molecule has 0 aromatic heterocycles. The van der Waals surface area contributed by atoms with Crippen LogP contribution < -0.4 is 20.1 Å². The molecule has 184 valence electrons. The molecule has 0 bridgehead atoms. The van der Waals surface area contributed by atoms with Gasteiger partial charge in [0.2, 0.25) is 12.7 Å². The Balaban J connectivity index is 1.09. The summed E-state index contributed by atoms with van der Waals surface area (Å²) in [6, 6.07) is 11.9. The van der Waals surface area contributed by atoms with Gasteiger partial charge in [0.25, 0.3) is 5.91 Å². The average molecular weight is 481 g/mol. The molecule has 3 aliphatic rings. The van der Waals surface area contributed by atoms with Crippen molar-refractivity contribution in [3.05, 3.63) is 53.6 Å². The van der Waals surface area contributed by atoms with Crippen molar-refractivity contribution in [2.75, 3.05) is 38.4 Å². The highest BCUT2D eigenvalue weighted by Crippen LogP contribution is 2.33. The van der Waals surface area contributed by atoms with Gasteiger partial charge in [-0.05, 0) is 41.8 Å². The molecule has 2 aromatic carbocycles. The van der Waals surface area contributed by atoms with Gasteiger partial charge < -0.3 is 24.8 Å². The van der Waals surface area contributed by atoms with E-state index in [1.165, 1.54) is 5.56 Å². The Labute approximate surface area is 203 Å². The Morgan fingerprint density at radius 2 is 1.71 bits per heavy atom. The van der Waals surface area contributed by atoms with Crippen LogP contribution in [0.25, 0.3) is 0 Å². The fourth-order valence-corrected chi connectivity index (χ4v) is 4.35. The van der Waals surface area contributed by atoms with Gasteiger partial charge in [-0.15, -0.1) is 0 Å². The third-order valence-electron chi connectivity index (χ3n) is 6.29. The molecule has 2 aromatic rings. The lowest BCUT2D eigenvalue weighted by Crippen LogP contribution is -2.35. The number of morpholine rings is 1. The molecule has 3 heterocycles. The van der Waals surface area contributed by atoms with E-state index < -0.39 is 12.1 Å². The minimum atomic E-state index is -0.724. The van der Waals surface area contributed by atoms with Crippen LogP contribution in [0.15, 0.2) is 42.5 Å². The first kappa shape index (κ1) is 23.1. The molecule has 5 rings (SSSR count). The van der Waals surface area contributed by atoms with E-state index in [9.17, 15) is 14.4 Å². The Morgan fingerprint density at radius 3 is 2.51 bits per heavy atom. The van der Waals surface area contributed by atoms with Crippen molar-refractivity contribution in [1.82, 2.24) is 15.1 Å². The maximum absolute atomic E-state index is 12.8. The molecule has 0 unspecified atom stereocenters. The van der Waals surface area contributed by atoms with Gasteiger partial charge in [-0.2, -0.15) is 0 Å². The molecular formula is C25H28N4O6. The van der Waals surface area contributed by atoms with Crippen molar-refractivity contribution in [1.29, 1.82) is 0 Å². The molecule has 2 N–H and O–H groups in total. The summed E-state index contributed by atoms with van der Waals surface area (Å²) in [6.45, 7) is 4.49. The van der Waals surface area contributed by atoms with Crippen LogP contribution in [0.5, 0.6) is 11.5 Å². The number of fused-ring (bicyclic) bond motifs is 1. The standard InChI is InChI=1S/C25H28N4O6/c30-23(26-19-4-1-17(2-5-19)14-28-9-11-33-12-10-28)8-6-20-24(31)29(25(32)27-20)15-18-3-7-21-22(13-18)35-16-34-21/h1-5,7,13,20H,6,8-12,14-16H2,(H,26,30)(H,27,32)/t20-/m0/s1. The normalized spacial score (nSPS) is 19.7. The van der Waals surface area contributed by atoms with Crippen LogP contribution in [0.4, 0.5) is 10.5 Å². The highest BCUT2D eigenvalue weighted by atomic mass is 16.7. The molecule has 1 atom stereocenters. The Morgan fingerprint density at radius 1 is 0.971 bits per heavy atom. The summed E-state index contributed by atoms with van der Waals surface area (Å²) >= 11 is 0. The molecule has 35 heavy (non-hydrogen) atoms. The average Bonchev–Trinajstić information content (AvgIpc) is 3.44. The SMILES string of the molecule is O=C(CC[C@@H]1NC(=O)N(Cc2ccc3c(c2)OCO3)C1=O)Nc1ccc(CN2CCOCC2)cc1. The van der Waals surface area contributed by atoms with E-state index in [1.807, 2.05) is 24.3 Å². The second-order valence-corrected chi connectivity index (χ2v) is 8.79. The van der Waals surface area contributed by atoms with Gasteiger partial charge in [0.1, 0.15) is 6.04 Å². The summed E-state index contributed by atoms with van der Waals surface area (Å²) in [5, 5.41) is 5.54. The van der Waals surface area contributed by atoms with Crippen molar-refractivity contribution in [3.8, 4) is 11.5 Å². The molecule has 0 spiro atoms. The van der Waals surface area contributed by atoms with Crippen LogP contribution in [0.2, 0.25) is 0 Å². The third-order valence-corrected chi connectivity index (χ3v) is 6.29. The van der Waals surface area contributed by atoms with Gasteiger partial charge in [-0.3, -0.25) is 19.4 Å². The summed E-state index contributed by atoms with van der Waals surface area (Å²) < 4.78 is 16.0. The van der Waals surface area contributed by atoms with E-state index in [0.29, 0.717) is 17.2 Å². The number of nitrogens with zero attached hydrogens (tertiary/aromatic N) is 2. The molecule has 0 aliphatic carbocycles. The van der Waals surface area contributed by atoms with Crippen molar-refractivity contribution >= 4 is 23.5 Å². The number of urea groups is 1. The molecule has 0 saturated carbocycles. The number of ether oxygens (including phenoxy) is 3. The first-order valence-corrected chi connectivity index (χ1v) is 11.7. The summed E-state index contributed by atoms with van der Waals surface area (Å²) in [5.74, 6) is 0.689. The van der Waals surface area contributed by atoms with E-state index in [4.69, 9.17) is 14.2 Å². The predicted octanol–water partition coefficient (Wildman–Crippen LogP) is 2.09. The quantitative estimate of drug-likeness (QED) is 0.557. The zero-order chi connectivity index (χ0) is 24.2.